The van der Waals surface area contributed by atoms with E-state index in [2.05, 4.69) is 4.74 Å². The molecule has 1 saturated heterocycles. The molecule has 0 saturated carbocycles. The van der Waals surface area contributed by atoms with Crippen LogP contribution in [0.25, 0.3) is 0 Å². The second-order valence-electron chi connectivity index (χ2n) is 3.68. The number of carbonyl (C=O) groups excluding carboxylic acids is 1. The molecule has 0 aliphatic carbocycles. The van der Waals surface area contributed by atoms with Gasteiger partial charge >= 0.3 is 16.5 Å². The molecule has 102 valence electrons. The van der Waals surface area contributed by atoms with Crippen LogP contribution in [-0.2, 0) is 15.1 Å². The summed E-state index contributed by atoms with van der Waals surface area (Å²) in [7, 11) is -5.25. The van der Waals surface area contributed by atoms with Crippen LogP contribution < -0.4 is 0 Å². The molecule has 0 unspecified atom stereocenters. The predicted octanol–water partition coefficient (Wildman–Crippen LogP) is 1.30. The highest BCUT2D eigenvalue weighted by atomic mass is 32.3. The van der Waals surface area contributed by atoms with Crippen LogP contribution in [0.15, 0.2) is 24.3 Å². The Kier molecular flexibility index (Phi) is 3.10. The molecule has 10 heteroatoms. The number of carbonyl (C=O) groups is 1. The van der Waals surface area contributed by atoms with Crippen molar-refractivity contribution in [3.63, 3.8) is 0 Å². The third-order valence-corrected chi connectivity index (χ3v) is 3.42. The van der Waals surface area contributed by atoms with Gasteiger partial charge in [0.15, 0.2) is 0 Å². The molecule has 1 aromatic rings. The minimum absolute atomic E-state index is 0.0336. The Morgan fingerprint density at radius 3 is 2.42 bits per heavy atom. The first-order valence-corrected chi connectivity index (χ1v) is 6.30. The van der Waals surface area contributed by atoms with E-state index in [0.29, 0.717) is 0 Å². The molecule has 1 aliphatic heterocycles. The van der Waals surface area contributed by atoms with E-state index < -0.39 is 27.5 Å². The normalized spacial score (nSPS) is 19.3. The SMILES string of the molecule is O=C1OC[C@H](c2ccc([N+](=O)[O-])cc2)N1S(=O)(=O)F. The molecule has 1 aromatic carbocycles. The molecule has 1 amide bonds. The number of non-ortho nitro benzene ring substituents is 1. The van der Waals surface area contributed by atoms with E-state index in [1.54, 1.807) is 0 Å². The van der Waals surface area contributed by atoms with Crippen molar-refractivity contribution in [1.29, 1.82) is 0 Å². The lowest BCUT2D eigenvalue weighted by Crippen LogP contribution is -2.31. The van der Waals surface area contributed by atoms with Crippen LogP contribution in [-0.4, -0.2) is 30.3 Å². The van der Waals surface area contributed by atoms with Crippen LogP contribution in [0.3, 0.4) is 0 Å². The molecule has 0 bridgehead atoms. The third kappa shape index (κ3) is 2.47. The second-order valence-corrected chi connectivity index (χ2v) is 4.90. The van der Waals surface area contributed by atoms with Crippen molar-refractivity contribution >= 4 is 22.2 Å². The largest absolute Gasteiger partial charge is 0.446 e. The van der Waals surface area contributed by atoms with E-state index in [9.17, 15) is 27.2 Å². The van der Waals surface area contributed by atoms with Gasteiger partial charge in [0.2, 0.25) is 0 Å². The average molecular weight is 290 g/mol. The van der Waals surface area contributed by atoms with Crippen molar-refractivity contribution in [2.45, 2.75) is 6.04 Å². The second kappa shape index (κ2) is 4.46. The average Bonchev–Trinajstić information content (AvgIpc) is 2.71. The molecular formula is C9H7FN2O6S. The highest BCUT2D eigenvalue weighted by molar-refractivity contribution is 7.84. The van der Waals surface area contributed by atoms with Gasteiger partial charge in [0, 0.05) is 12.1 Å². The first-order chi connectivity index (χ1) is 8.80. The summed E-state index contributed by atoms with van der Waals surface area (Å²) in [6, 6.07) is 3.57. The lowest BCUT2D eigenvalue weighted by molar-refractivity contribution is -0.384. The van der Waals surface area contributed by atoms with E-state index in [-0.39, 0.29) is 22.2 Å². The lowest BCUT2D eigenvalue weighted by Gasteiger charge is -2.16. The Hall–Kier alpha value is -2.23. The quantitative estimate of drug-likeness (QED) is 0.472. The fourth-order valence-electron chi connectivity index (χ4n) is 1.70. The summed E-state index contributed by atoms with van der Waals surface area (Å²) in [6.07, 6.45) is -1.31. The zero-order chi connectivity index (χ0) is 14.2. The van der Waals surface area contributed by atoms with E-state index in [4.69, 9.17) is 0 Å². The number of rotatable bonds is 3. The summed E-state index contributed by atoms with van der Waals surface area (Å²) in [6.45, 7) is -0.347. The summed E-state index contributed by atoms with van der Waals surface area (Å²) < 4.78 is 39.1. The molecule has 0 radical (unpaired) electrons. The van der Waals surface area contributed by atoms with E-state index >= 15 is 0 Å². The molecule has 1 heterocycles. The number of benzene rings is 1. The fourth-order valence-corrected chi connectivity index (χ4v) is 2.42. The van der Waals surface area contributed by atoms with Gasteiger partial charge in [0.05, 0.1) is 4.92 Å². The Morgan fingerprint density at radius 1 is 1.37 bits per heavy atom. The Bertz CT molecular complexity index is 629. The van der Waals surface area contributed by atoms with Crippen LogP contribution in [0.5, 0.6) is 0 Å². The van der Waals surface area contributed by atoms with Crippen molar-refractivity contribution in [2.24, 2.45) is 0 Å². The van der Waals surface area contributed by atoms with E-state index in [1.165, 1.54) is 12.1 Å². The molecule has 1 fully saturated rings. The minimum atomic E-state index is -5.25. The van der Waals surface area contributed by atoms with Crippen molar-refractivity contribution in [3.05, 3.63) is 39.9 Å². The van der Waals surface area contributed by atoms with Crippen LogP contribution in [0.4, 0.5) is 14.4 Å². The highest BCUT2D eigenvalue weighted by Crippen LogP contribution is 2.31. The fraction of sp³-hybridized carbons (Fsp3) is 0.222. The molecule has 0 N–H and O–H groups in total. The number of amides is 1. The summed E-state index contributed by atoms with van der Waals surface area (Å²) in [5.41, 5.74) is 0.0151. The van der Waals surface area contributed by atoms with Crippen molar-refractivity contribution in [3.8, 4) is 0 Å². The van der Waals surface area contributed by atoms with Crippen molar-refractivity contribution < 1.29 is 26.8 Å². The van der Waals surface area contributed by atoms with Gasteiger partial charge in [0.25, 0.3) is 5.69 Å². The van der Waals surface area contributed by atoms with Gasteiger partial charge in [-0.15, -0.1) is 0 Å². The summed E-state index contributed by atoms with van der Waals surface area (Å²) in [5.74, 6) is 0. The smallest absolute Gasteiger partial charge is 0.426 e. The summed E-state index contributed by atoms with van der Waals surface area (Å²) in [4.78, 5) is 21.0. The minimum Gasteiger partial charge on any atom is -0.446 e. The van der Waals surface area contributed by atoms with Gasteiger partial charge in [-0.2, -0.15) is 12.7 Å². The van der Waals surface area contributed by atoms with Crippen molar-refractivity contribution in [1.82, 2.24) is 4.31 Å². The number of nitro groups is 1. The first-order valence-electron chi connectivity index (χ1n) is 4.96. The van der Waals surface area contributed by atoms with E-state index in [0.717, 1.165) is 12.1 Å². The Morgan fingerprint density at radius 2 is 1.95 bits per heavy atom. The van der Waals surface area contributed by atoms with Crippen LogP contribution >= 0.6 is 0 Å². The molecule has 2 rings (SSSR count). The number of nitro benzene ring substituents is 1. The number of cyclic esters (lactones) is 1. The number of halogens is 1. The zero-order valence-corrected chi connectivity index (χ0v) is 10.0. The first kappa shape index (κ1) is 13.2. The number of hydrogen-bond acceptors (Lipinski definition) is 6. The lowest BCUT2D eigenvalue weighted by atomic mass is 10.1. The maximum atomic E-state index is 13.0. The monoisotopic (exact) mass is 290 g/mol. The highest BCUT2D eigenvalue weighted by Gasteiger charge is 2.43. The van der Waals surface area contributed by atoms with Gasteiger partial charge in [-0.1, -0.05) is 3.89 Å². The van der Waals surface area contributed by atoms with Crippen LogP contribution in [0, 0.1) is 10.1 Å². The van der Waals surface area contributed by atoms with E-state index in [1.807, 2.05) is 0 Å². The molecular weight excluding hydrogens is 283 g/mol. The molecule has 8 nitrogen and oxygen atoms in total. The maximum Gasteiger partial charge on any atom is 0.426 e. The van der Waals surface area contributed by atoms with Gasteiger partial charge < -0.3 is 4.74 Å². The summed E-state index contributed by atoms with van der Waals surface area (Å²) in [5, 5.41) is 10.5. The van der Waals surface area contributed by atoms with Gasteiger partial charge in [-0.3, -0.25) is 10.1 Å². The Labute approximate surface area is 106 Å². The molecule has 0 aromatic heterocycles. The van der Waals surface area contributed by atoms with Crippen molar-refractivity contribution in [2.75, 3.05) is 6.61 Å². The number of nitrogens with zero attached hydrogens (tertiary/aromatic N) is 2. The maximum absolute atomic E-state index is 13.0. The van der Waals surface area contributed by atoms with Gasteiger partial charge in [-0.25, -0.2) is 4.79 Å². The molecule has 1 atom stereocenters. The van der Waals surface area contributed by atoms with Gasteiger partial charge in [0.1, 0.15) is 12.6 Å². The standard InChI is InChI=1S/C9H7FN2O6S/c10-19(16,17)11-8(5-18-9(11)13)6-1-3-7(4-2-6)12(14)15/h1-4,8H,5H2/t8-/m1/s1. The molecule has 1 aliphatic rings. The van der Waals surface area contributed by atoms with Crippen LogP contribution in [0.2, 0.25) is 0 Å². The number of hydrogen-bond donors (Lipinski definition) is 0. The zero-order valence-electron chi connectivity index (χ0n) is 9.22. The summed E-state index contributed by atoms with van der Waals surface area (Å²) >= 11 is 0. The molecule has 19 heavy (non-hydrogen) atoms. The predicted molar refractivity (Wildman–Crippen MR) is 59.1 cm³/mol. The third-order valence-electron chi connectivity index (χ3n) is 2.55. The topological polar surface area (TPSA) is 107 Å². The molecule has 0 spiro atoms. The van der Waals surface area contributed by atoms with Crippen LogP contribution in [0.1, 0.15) is 11.6 Å². The number of ether oxygens (including phenoxy) is 1. The Balaban J connectivity index is 2.36. The van der Waals surface area contributed by atoms with Gasteiger partial charge in [-0.05, 0) is 17.7 Å².